The summed E-state index contributed by atoms with van der Waals surface area (Å²) in [5.41, 5.74) is 2.52. The van der Waals surface area contributed by atoms with Crippen LogP contribution in [0.4, 0.5) is 0 Å². The van der Waals surface area contributed by atoms with Crippen LogP contribution in [-0.2, 0) is 7.05 Å². The van der Waals surface area contributed by atoms with E-state index in [1.54, 1.807) is 12.4 Å². The van der Waals surface area contributed by atoms with Crippen molar-refractivity contribution in [3.8, 4) is 0 Å². The zero-order chi connectivity index (χ0) is 15.7. The van der Waals surface area contributed by atoms with Crippen molar-refractivity contribution in [1.82, 2.24) is 14.9 Å². The third kappa shape index (κ3) is 2.70. The van der Waals surface area contributed by atoms with Crippen LogP contribution in [0.5, 0.6) is 0 Å². The number of amides is 1. The molecule has 3 aromatic rings. The Bertz CT molecular complexity index is 841. The van der Waals surface area contributed by atoms with E-state index in [1.165, 1.54) is 0 Å². The molecule has 4 nitrogen and oxygen atoms in total. The van der Waals surface area contributed by atoms with Crippen LogP contribution in [0.2, 0.25) is 5.02 Å². The number of nitrogens with zero attached hydrogens (tertiary/aromatic N) is 2. The molecule has 1 aromatic carbocycles. The predicted octanol–water partition coefficient (Wildman–Crippen LogP) is 3.72. The number of rotatable bonds is 3. The molecule has 5 heteroatoms. The van der Waals surface area contributed by atoms with Crippen LogP contribution in [0.25, 0.3) is 10.9 Å². The summed E-state index contributed by atoms with van der Waals surface area (Å²) in [5.74, 6) is -0.119. The summed E-state index contributed by atoms with van der Waals surface area (Å²) in [7, 11) is 1.86. The summed E-state index contributed by atoms with van der Waals surface area (Å²) in [4.78, 5) is 16.6. The molecule has 1 unspecified atom stereocenters. The number of hydrogen-bond donors (Lipinski definition) is 1. The quantitative estimate of drug-likeness (QED) is 0.801. The first-order valence-corrected chi connectivity index (χ1v) is 7.40. The summed E-state index contributed by atoms with van der Waals surface area (Å²) >= 11 is 6.00. The molecule has 0 saturated heterocycles. The summed E-state index contributed by atoms with van der Waals surface area (Å²) in [6.07, 6.45) is 3.48. The Hall–Kier alpha value is -2.33. The Balaban J connectivity index is 1.85. The van der Waals surface area contributed by atoms with Crippen LogP contribution < -0.4 is 5.32 Å². The van der Waals surface area contributed by atoms with Crippen molar-refractivity contribution in [1.29, 1.82) is 0 Å². The molecule has 2 heterocycles. The molecule has 0 aliphatic rings. The van der Waals surface area contributed by atoms with Gasteiger partial charge in [-0.25, -0.2) is 0 Å². The van der Waals surface area contributed by atoms with Crippen LogP contribution in [0.3, 0.4) is 0 Å². The highest BCUT2D eigenvalue weighted by atomic mass is 35.5. The van der Waals surface area contributed by atoms with E-state index in [0.717, 1.165) is 16.5 Å². The Labute approximate surface area is 133 Å². The number of benzene rings is 1. The molecule has 2 aromatic heterocycles. The van der Waals surface area contributed by atoms with Gasteiger partial charge in [0.1, 0.15) is 5.69 Å². The number of pyridine rings is 1. The average Bonchev–Trinajstić information content (AvgIpc) is 2.85. The lowest BCUT2D eigenvalue weighted by Crippen LogP contribution is -2.28. The predicted molar refractivity (Wildman–Crippen MR) is 88.0 cm³/mol. The largest absolute Gasteiger partial charge is 0.344 e. The highest BCUT2D eigenvalue weighted by Crippen LogP contribution is 2.20. The minimum atomic E-state index is -0.123. The number of aryl methyl sites for hydroxylation is 1. The zero-order valence-electron chi connectivity index (χ0n) is 12.4. The van der Waals surface area contributed by atoms with Crippen LogP contribution in [0.15, 0.2) is 48.8 Å². The van der Waals surface area contributed by atoms with E-state index in [1.807, 2.05) is 54.9 Å². The van der Waals surface area contributed by atoms with Gasteiger partial charge in [0.25, 0.3) is 5.91 Å². The number of fused-ring (bicyclic) bond motifs is 1. The van der Waals surface area contributed by atoms with Gasteiger partial charge in [0.05, 0.1) is 17.8 Å². The first-order valence-electron chi connectivity index (χ1n) is 7.02. The SMILES string of the molecule is CC(NC(=O)c1cc2ccncc2n1C)c1cccc(Cl)c1. The number of carbonyl (C=O) groups excluding carboxylic acids is 1. The molecule has 22 heavy (non-hydrogen) atoms. The van der Waals surface area contributed by atoms with E-state index in [4.69, 9.17) is 11.6 Å². The summed E-state index contributed by atoms with van der Waals surface area (Å²) in [6, 6.07) is 11.1. The lowest BCUT2D eigenvalue weighted by Gasteiger charge is -2.15. The van der Waals surface area contributed by atoms with Gasteiger partial charge < -0.3 is 9.88 Å². The second-order valence-electron chi connectivity index (χ2n) is 5.27. The van der Waals surface area contributed by atoms with E-state index in [9.17, 15) is 4.79 Å². The standard InChI is InChI=1S/C17H16ClN3O/c1-11(12-4-3-5-14(18)8-12)20-17(22)15-9-13-6-7-19-10-16(13)21(15)2/h3-11H,1-2H3,(H,20,22). The third-order valence-electron chi connectivity index (χ3n) is 3.78. The Morgan fingerprint density at radius 1 is 1.32 bits per heavy atom. The van der Waals surface area contributed by atoms with Crippen LogP contribution >= 0.6 is 11.6 Å². The van der Waals surface area contributed by atoms with Gasteiger partial charge in [-0.15, -0.1) is 0 Å². The Kier molecular flexibility index (Phi) is 3.86. The first kappa shape index (κ1) is 14.6. The Morgan fingerprint density at radius 2 is 2.14 bits per heavy atom. The molecular weight excluding hydrogens is 298 g/mol. The molecule has 0 saturated carbocycles. The van der Waals surface area contributed by atoms with Gasteiger partial charge in [0, 0.05) is 23.7 Å². The molecule has 0 aliphatic carbocycles. The molecule has 0 fully saturated rings. The van der Waals surface area contributed by atoms with Crippen molar-refractivity contribution >= 4 is 28.4 Å². The van der Waals surface area contributed by atoms with Crippen LogP contribution in [-0.4, -0.2) is 15.5 Å². The van der Waals surface area contributed by atoms with E-state index < -0.39 is 0 Å². The Morgan fingerprint density at radius 3 is 2.86 bits per heavy atom. The number of carbonyl (C=O) groups is 1. The molecule has 0 radical (unpaired) electrons. The van der Waals surface area contributed by atoms with E-state index in [-0.39, 0.29) is 11.9 Å². The number of hydrogen-bond acceptors (Lipinski definition) is 2. The number of aromatic nitrogens is 2. The van der Waals surface area contributed by atoms with E-state index >= 15 is 0 Å². The summed E-state index contributed by atoms with van der Waals surface area (Å²) in [5, 5.41) is 4.66. The molecule has 1 amide bonds. The molecule has 1 N–H and O–H groups in total. The van der Waals surface area contributed by atoms with Crippen LogP contribution in [0.1, 0.15) is 29.0 Å². The van der Waals surface area contributed by atoms with Gasteiger partial charge in [0.2, 0.25) is 0 Å². The topological polar surface area (TPSA) is 46.9 Å². The van der Waals surface area contributed by atoms with Gasteiger partial charge in [-0.3, -0.25) is 9.78 Å². The van der Waals surface area contributed by atoms with Gasteiger partial charge in [-0.2, -0.15) is 0 Å². The average molecular weight is 314 g/mol. The van der Waals surface area contributed by atoms with Crippen molar-refractivity contribution in [3.63, 3.8) is 0 Å². The second kappa shape index (κ2) is 5.81. The van der Waals surface area contributed by atoms with Gasteiger partial charge in [-0.1, -0.05) is 23.7 Å². The zero-order valence-corrected chi connectivity index (χ0v) is 13.1. The number of nitrogens with one attached hydrogen (secondary N) is 1. The van der Waals surface area contributed by atoms with E-state index in [2.05, 4.69) is 10.3 Å². The summed E-state index contributed by atoms with van der Waals surface area (Å²) < 4.78 is 1.85. The lowest BCUT2D eigenvalue weighted by atomic mass is 10.1. The van der Waals surface area contributed by atoms with Gasteiger partial charge in [0.15, 0.2) is 0 Å². The van der Waals surface area contributed by atoms with Crippen LogP contribution in [0, 0.1) is 0 Å². The highest BCUT2D eigenvalue weighted by molar-refractivity contribution is 6.30. The molecule has 0 aliphatic heterocycles. The maximum Gasteiger partial charge on any atom is 0.268 e. The normalized spacial score (nSPS) is 12.3. The van der Waals surface area contributed by atoms with E-state index in [0.29, 0.717) is 10.7 Å². The maximum absolute atomic E-state index is 12.5. The maximum atomic E-state index is 12.5. The lowest BCUT2D eigenvalue weighted by molar-refractivity contribution is 0.0932. The highest BCUT2D eigenvalue weighted by Gasteiger charge is 2.16. The second-order valence-corrected chi connectivity index (χ2v) is 5.71. The fraction of sp³-hybridized carbons (Fsp3) is 0.176. The smallest absolute Gasteiger partial charge is 0.268 e. The third-order valence-corrected chi connectivity index (χ3v) is 4.01. The summed E-state index contributed by atoms with van der Waals surface area (Å²) in [6.45, 7) is 1.94. The molecule has 0 bridgehead atoms. The van der Waals surface area contributed by atoms with Crippen molar-refractivity contribution in [2.24, 2.45) is 7.05 Å². The van der Waals surface area contributed by atoms with Gasteiger partial charge in [-0.05, 0) is 36.8 Å². The van der Waals surface area contributed by atoms with Gasteiger partial charge >= 0.3 is 0 Å². The molecular formula is C17H16ClN3O. The van der Waals surface area contributed by atoms with Crippen molar-refractivity contribution in [2.45, 2.75) is 13.0 Å². The molecule has 0 spiro atoms. The minimum Gasteiger partial charge on any atom is -0.344 e. The van der Waals surface area contributed by atoms with Crippen molar-refractivity contribution in [3.05, 3.63) is 65.1 Å². The number of halogens is 1. The van der Waals surface area contributed by atoms with Crippen molar-refractivity contribution in [2.75, 3.05) is 0 Å². The first-order chi connectivity index (χ1) is 10.6. The molecule has 3 rings (SSSR count). The monoisotopic (exact) mass is 313 g/mol. The molecule has 112 valence electrons. The fourth-order valence-electron chi connectivity index (χ4n) is 2.52. The minimum absolute atomic E-state index is 0.119. The van der Waals surface area contributed by atoms with Crippen molar-refractivity contribution < 1.29 is 4.79 Å². The molecule has 1 atom stereocenters. The fourth-order valence-corrected chi connectivity index (χ4v) is 2.72.